The molecule has 0 aromatic heterocycles. The third-order valence-corrected chi connectivity index (χ3v) is 7.41. The largest absolute Gasteiger partial charge is 0.370 e. The van der Waals surface area contributed by atoms with Gasteiger partial charge >= 0.3 is 0 Å². The molecule has 4 rings (SSSR count). The van der Waals surface area contributed by atoms with Crippen LogP contribution in [0, 0.1) is 11.8 Å². The molecular formula is C27H33ClN4O3. The zero-order valence-corrected chi connectivity index (χ0v) is 20.9. The number of nitrogens with zero attached hydrogens (tertiary/aromatic N) is 2. The molecule has 2 fully saturated rings. The molecule has 0 bridgehead atoms. The van der Waals surface area contributed by atoms with Gasteiger partial charge in [-0.1, -0.05) is 24.6 Å². The number of primary amides is 1. The summed E-state index contributed by atoms with van der Waals surface area (Å²) in [5.74, 6) is 0.464. The third-order valence-electron chi connectivity index (χ3n) is 7.17. The van der Waals surface area contributed by atoms with Gasteiger partial charge in [-0.05, 0) is 73.9 Å². The number of hydrogen-bond donors (Lipinski definition) is 2. The maximum Gasteiger partial charge on any atom is 0.255 e. The van der Waals surface area contributed by atoms with E-state index in [2.05, 4.69) is 17.1 Å². The molecule has 0 spiro atoms. The zero-order valence-electron chi connectivity index (χ0n) is 20.1. The van der Waals surface area contributed by atoms with Gasteiger partial charge in [0, 0.05) is 48.7 Å². The van der Waals surface area contributed by atoms with Gasteiger partial charge in [0.15, 0.2) is 0 Å². The number of nitrogens with one attached hydrogen (secondary N) is 1. The van der Waals surface area contributed by atoms with E-state index >= 15 is 0 Å². The van der Waals surface area contributed by atoms with Crippen molar-refractivity contribution in [2.24, 2.45) is 17.6 Å². The van der Waals surface area contributed by atoms with Gasteiger partial charge in [0.05, 0.1) is 11.4 Å². The van der Waals surface area contributed by atoms with Gasteiger partial charge in [-0.3, -0.25) is 14.4 Å². The van der Waals surface area contributed by atoms with Crippen molar-refractivity contribution in [1.82, 2.24) is 4.90 Å². The highest BCUT2D eigenvalue weighted by molar-refractivity contribution is 6.31. The Kier molecular flexibility index (Phi) is 7.96. The molecule has 3 N–H and O–H groups in total. The maximum absolute atomic E-state index is 12.9. The summed E-state index contributed by atoms with van der Waals surface area (Å²) in [6, 6.07) is 11.8. The van der Waals surface area contributed by atoms with Crippen molar-refractivity contribution in [3.63, 3.8) is 0 Å². The van der Waals surface area contributed by atoms with E-state index in [1.54, 1.807) is 36.4 Å². The van der Waals surface area contributed by atoms with E-state index in [0.29, 0.717) is 40.1 Å². The summed E-state index contributed by atoms with van der Waals surface area (Å²) in [4.78, 5) is 41.7. The van der Waals surface area contributed by atoms with Crippen LogP contribution in [0.5, 0.6) is 0 Å². The second-order valence-electron chi connectivity index (χ2n) is 9.76. The standard InChI is InChI=1S/C27H33ClN4O3/c1-18-7-11-32(12-8-18)25(33)15-19-9-13-31(14-10-19)24-6-5-20(26(29)34)17-23(24)30-27(35)21-3-2-4-22(28)16-21/h2-6,16-19H,7-15H2,1H3,(H2,29,34)(H,30,35). The van der Waals surface area contributed by atoms with Crippen molar-refractivity contribution in [3.05, 3.63) is 58.6 Å². The van der Waals surface area contributed by atoms with E-state index in [9.17, 15) is 14.4 Å². The van der Waals surface area contributed by atoms with E-state index in [0.717, 1.165) is 57.5 Å². The number of amides is 3. The van der Waals surface area contributed by atoms with Gasteiger partial charge < -0.3 is 20.9 Å². The van der Waals surface area contributed by atoms with Crippen LogP contribution in [-0.2, 0) is 4.79 Å². The lowest BCUT2D eigenvalue weighted by Gasteiger charge is -2.36. The fourth-order valence-corrected chi connectivity index (χ4v) is 5.09. The molecule has 186 valence electrons. The summed E-state index contributed by atoms with van der Waals surface area (Å²) >= 11 is 6.04. The molecule has 2 saturated heterocycles. The van der Waals surface area contributed by atoms with Crippen LogP contribution in [0.3, 0.4) is 0 Å². The second-order valence-corrected chi connectivity index (χ2v) is 10.2. The molecule has 2 aliphatic rings. The van der Waals surface area contributed by atoms with Gasteiger partial charge in [0.1, 0.15) is 0 Å². The number of hydrogen-bond acceptors (Lipinski definition) is 4. The minimum absolute atomic E-state index is 0.274. The van der Waals surface area contributed by atoms with Crippen molar-refractivity contribution in [2.45, 2.75) is 39.0 Å². The molecule has 7 nitrogen and oxygen atoms in total. The maximum atomic E-state index is 12.9. The Morgan fingerprint density at radius 2 is 1.69 bits per heavy atom. The van der Waals surface area contributed by atoms with Crippen molar-refractivity contribution in [3.8, 4) is 0 Å². The number of piperidine rings is 2. The lowest BCUT2D eigenvalue weighted by atomic mass is 9.91. The first-order valence-corrected chi connectivity index (χ1v) is 12.7. The van der Waals surface area contributed by atoms with Gasteiger partial charge in [-0.15, -0.1) is 0 Å². The molecule has 35 heavy (non-hydrogen) atoms. The molecule has 3 amide bonds. The first-order chi connectivity index (χ1) is 16.8. The number of rotatable bonds is 6. The Morgan fingerprint density at radius 3 is 2.34 bits per heavy atom. The number of nitrogens with two attached hydrogens (primary N) is 1. The van der Waals surface area contributed by atoms with Crippen LogP contribution in [0.4, 0.5) is 11.4 Å². The first kappa shape index (κ1) is 25.0. The Hall–Kier alpha value is -3.06. The number of carbonyl (C=O) groups is 3. The number of carbonyl (C=O) groups excluding carboxylic acids is 3. The highest BCUT2D eigenvalue weighted by Crippen LogP contribution is 2.33. The van der Waals surface area contributed by atoms with Crippen molar-refractivity contribution in [1.29, 1.82) is 0 Å². The second kappa shape index (κ2) is 11.1. The lowest BCUT2D eigenvalue weighted by molar-refractivity contribution is -0.133. The van der Waals surface area contributed by atoms with Crippen LogP contribution < -0.4 is 16.0 Å². The summed E-state index contributed by atoms with van der Waals surface area (Å²) in [5, 5.41) is 3.40. The topological polar surface area (TPSA) is 95.7 Å². The summed E-state index contributed by atoms with van der Waals surface area (Å²) in [7, 11) is 0. The van der Waals surface area contributed by atoms with Crippen molar-refractivity contribution in [2.75, 3.05) is 36.4 Å². The number of anilines is 2. The quantitative estimate of drug-likeness (QED) is 0.613. The minimum Gasteiger partial charge on any atom is -0.370 e. The zero-order chi connectivity index (χ0) is 24.9. The molecule has 0 unspecified atom stereocenters. The van der Waals surface area contributed by atoms with E-state index in [-0.39, 0.29) is 11.8 Å². The highest BCUT2D eigenvalue weighted by Gasteiger charge is 2.27. The van der Waals surface area contributed by atoms with Crippen LogP contribution in [0.25, 0.3) is 0 Å². The van der Waals surface area contributed by atoms with Crippen LogP contribution in [0.1, 0.15) is 59.7 Å². The average Bonchev–Trinajstić information content (AvgIpc) is 2.85. The van der Waals surface area contributed by atoms with E-state index < -0.39 is 5.91 Å². The van der Waals surface area contributed by atoms with Gasteiger partial charge in [-0.2, -0.15) is 0 Å². The fraction of sp³-hybridized carbons (Fsp3) is 0.444. The van der Waals surface area contributed by atoms with Crippen LogP contribution >= 0.6 is 11.6 Å². The molecule has 2 aliphatic heterocycles. The smallest absolute Gasteiger partial charge is 0.255 e. The molecule has 0 saturated carbocycles. The van der Waals surface area contributed by atoms with Crippen molar-refractivity contribution >= 4 is 40.7 Å². The molecule has 8 heteroatoms. The molecule has 2 heterocycles. The van der Waals surface area contributed by atoms with Gasteiger partial charge in [-0.25, -0.2) is 0 Å². The van der Waals surface area contributed by atoms with Crippen molar-refractivity contribution < 1.29 is 14.4 Å². The summed E-state index contributed by atoms with van der Waals surface area (Å²) in [6.07, 6.45) is 4.58. The Labute approximate surface area is 211 Å². The number of likely N-dealkylation sites (tertiary alicyclic amines) is 1. The average molecular weight is 497 g/mol. The molecule has 0 radical (unpaired) electrons. The summed E-state index contributed by atoms with van der Waals surface area (Å²) in [5.41, 5.74) is 7.61. The van der Waals surface area contributed by atoms with Crippen LogP contribution in [0.2, 0.25) is 5.02 Å². The van der Waals surface area contributed by atoms with Crippen LogP contribution in [-0.4, -0.2) is 48.8 Å². The minimum atomic E-state index is -0.556. The lowest BCUT2D eigenvalue weighted by Crippen LogP contribution is -2.40. The Bertz CT molecular complexity index is 1090. The number of halogens is 1. The molecule has 2 aromatic carbocycles. The Morgan fingerprint density at radius 1 is 0.971 bits per heavy atom. The third kappa shape index (κ3) is 6.34. The SMILES string of the molecule is CC1CCN(C(=O)CC2CCN(c3ccc(C(N)=O)cc3NC(=O)c3cccc(Cl)c3)CC2)CC1. The molecule has 0 aliphatic carbocycles. The summed E-state index contributed by atoms with van der Waals surface area (Å²) in [6.45, 7) is 5.54. The molecule has 0 atom stereocenters. The summed E-state index contributed by atoms with van der Waals surface area (Å²) < 4.78 is 0. The first-order valence-electron chi connectivity index (χ1n) is 12.3. The van der Waals surface area contributed by atoms with E-state index in [4.69, 9.17) is 17.3 Å². The monoisotopic (exact) mass is 496 g/mol. The van der Waals surface area contributed by atoms with Gasteiger partial charge in [0.25, 0.3) is 5.91 Å². The van der Waals surface area contributed by atoms with Crippen LogP contribution in [0.15, 0.2) is 42.5 Å². The molecule has 2 aromatic rings. The van der Waals surface area contributed by atoms with E-state index in [1.807, 2.05) is 11.0 Å². The predicted molar refractivity (Wildman–Crippen MR) is 139 cm³/mol. The van der Waals surface area contributed by atoms with E-state index in [1.165, 1.54) is 0 Å². The fourth-order valence-electron chi connectivity index (χ4n) is 4.90. The molecular weight excluding hydrogens is 464 g/mol. The Balaban J connectivity index is 1.42. The normalized spacial score (nSPS) is 17.3. The highest BCUT2D eigenvalue weighted by atomic mass is 35.5. The van der Waals surface area contributed by atoms with Gasteiger partial charge in [0.2, 0.25) is 11.8 Å². The number of benzene rings is 2. The predicted octanol–water partition coefficient (Wildman–Crippen LogP) is 4.56.